The molecule has 0 aromatic carbocycles. The van der Waals surface area contributed by atoms with Gasteiger partial charge in [0.25, 0.3) is 11.8 Å². The molecule has 0 aliphatic rings. The first-order valence-corrected chi connectivity index (χ1v) is 9.09. The zero-order valence-corrected chi connectivity index (χ0v) is 16.3. The number of nitrogens with zero attached hydrogens (tertiary/aromatic N) is 5. The normalized spacial score (nSPS) is 12.3. The van der Waals surface area contributed by atoms with Crippen molar-refractivity contribution in [2.75, 3.05) is 7.05 Å². The summed E-state index contributed by atoms with van der Waals surface area (Å²) in [5.74, 6) is -1.31. The molecule has 14 heteroatoms. The molecule has 0 saturated carbocycles. The number of hydrogen-bond donors (Lipinski definition) is 2. The number of thiazole rings is 1. The van der Waals surface area contributed by atoms with Crippen LogP contribution >= 0.6 is 11.3 Å². The van der Waals surface area contributed by atoms with Crippen LogP contribution < -0.4 is 15.4 Å². The van der Waals surface area contributed by atoms with Gasteiger partial charge in [-0.15, -0.1) is 13.2 Å². The van der Waals surface area contributed by atoms with Gasteiger partial charge in [-0.1, -0.05) is 11.3 Å². The fraction of sp³-hybridized carbons (Fsp3) is 0.250. The summed E-state index contributed by atoms with van der Waals surface area (Å²) in [4.78, 5) is 36.3. The molecular formula is C16H14F3N7O3S. The molecule has 30 heavy (non-hydrogen) atoms. The Balaban J connectivity index is 1.76. The molecule has 3 aromatic rings. The molecule has 158 valence electrons. The van der Waals surface area contributed by atoms with Crippen molar-refractivity contribution < 1.29 is 27.5 Å². The van der Waals surface area contributed by atoms with Crippen LogP contribution in [0.1, 0.15) is 38.8 Å². The van der Waals surface area contributed by atoms with Crippen LogP contribution in [0.3, 0.4) is 0 Å². The monoisotopic (exact) mass is 441 g/mol. The minimum absolute atomic E-state index is 0.134. The Kier molecular flexibility index (Phi) is 5.96. The number of rotatable bonds is 6. The van der Waals surface area contributed by atoms with Crippen molar-refractivity contribution in [3.8, 4) is 10.9 Å². The maximum absolute atomic E-state index is 12.4. The largest absolute Gasteiger partial charge is 0.573 e. The molecule has 0 aliphatic heterocycles. The molecule has 0 bridgehead atoms. The van der Waals surface area contributed by atoms with Crippen LogP contribution in [0.2, 0.25) is 0 Å². The van der Waals surface area contributed by atoms with Crippen LogP contribution in [-0.2, 0) is 0 Å². The number of halogens is 3. The summed E-state index contributed by atoms with van der Waals surface area (Å²) in [6.07, 6.45) is -0.325. The Labute approximate surface area is 171 Å². The average Bonchev–Trinajstić information content (AvgIpc) is 3.35. The minimum atomic E-state index is -4.90. The van der Waals surface area contributed by atoms with Crippen molar-refractivity contribution in [3.63, 3.8) is 0 Å². The van der Waals surface area contributed by atoms with E-state index in [-0.39, 0.29) is 11.5 Å². The highest BCUT2D eigenvalue weighted by molar-refractivity contribution is 7.16. The maximum atomic E-state index is 12.4. The van der Waals surface area contributed by atoms with Gasteiger partial charge < -0.3 is 15.4 Å². The Morgan fingerprint density at radius 3 is 2.67 bits per heavy atom. The highest BCUT2D eigenvalue weighted by Crippen LogP contribution is 2.23. The van der Waals surface area contributed by atoms with E-state index in [0.29, 0.717) is 15.8 Å². The number of nitrogens with one attached hydrogen (secondary N) is 2. The van der Waals surface area contributed by atoms with Gasteiger partial charge >= 0.3 is 6.36 Å². The summed E-state index contributed by atoms with van der Waals surface area (Å²) in [6.45, 7) is 1.61. The third-order valence-corrected chi connectivity index (χ3v) is 4.62. The summed E-state index contributed by atoms with van der Waals surface area (Å²) in [5, 5.41) is 9.49. The summed E-state index contributed by atoms with van der Waals surface area (Å²) >= 11 is 1.07. The van der Waals surface area contributed by atoms with Crippen LogP contribution in [0, 0.1) is 0 Å². The zero-order chi connectivity index (χ0) is 21.9. The highest BCUT2D eigenvalue weighted by atomic mass is 32.1. The van der Waals surface area contributed by atoms with Crippen LogP contribution in [-0.4, -0.2) is 50.0 Å². The number of ether oxygens (including phenoxy) is 1. The van der Waals surface area contributed by atoms with Crippen molar-refractivity contribution in [2.45, 2.75) is 19.3 Å². The van der Waals surface area contributed by atoms with Gasteiger partial charge in [-0.3, -0.25) is 14.6 Å². The van der Waals surface area contributed by atoms with E-state index in [1.54, 1.807) is 6.92 Å². The third-order valence-electron chi connectivity index (χ3n) is 3.64. The summed E-state index contributed by atoms with van der Waals surface area (Å²) in [5.41, 5.74) is -0.134. The fourth-order valence-electron chi connectivity index (χ4n) is 2.36. The summed E-state index contributed by atoms with van der Waals surface area (Å²) < 4.78 is 42.2. The van der Waals surface area contributed by atoms with Crippen molar-refractivity contribution in [3.05, 3.63) is 47.2 Å². The molecule has 10 nitrogen and oxygen atoms in total. The molecule has 3 heterocycles. The SMILES string of the molecule is CNC(=O)c1cnc(-n2ncnc2[C@H](C)NC(=O)c2cncc(OC(F)(F)F)c2)s1. The van der Waals surface area contributed by atoms with Crippen molar-refractivity contribution in [1.29, 1.82) is 0 Å². The second kappa shape index (κ2) is 8.44. The van der Waals surface area contributed by atoms with E-state index in [9.17, 15) is 22.8 Å². The van der Waals surface area contributed by atoms with Crippen molar-refractivity contribution in [1.82, 2.24) is 35.4 Å². The number of pyridine rings is 1. The first-order chi connectivity index (χ1) is 14.2. The molecule has 2 amide bonds. The van der Waals surface area contributed by atoms with E-state index in [1.807, 2.05) is 0 Å². The number of carbonyl (C=O) groups excluding carboxylic acids is 2. The van der Waals surface area contributed by atoms with Gasteiger partial charge in [-0.25, -0.2) is 9.97 Å². The molecular weight excluding hydrogens is 427 g/mol. The Hall–Kier alpha value is -3.55. The van der Waals surface area contributed by atoms with Gasteiger partial charge in [0.2, 0.25) is 5.13 Å². The molecule has 0 unspecified atom stereocenters. The lowest BCUT2D eigenvalue weighted by atomic mass is 10.2. The average molecular weight is 441 g/mol. The van der Waals surface area contributed by atoms with E-state index in [1.165, 1.54) is 24.3 Å². The fourth-order valence-corrected chi connectivity index (χ4v) is 3.19. The van der Waals surface area contributed by atoms with Gasteiger partial charge in [-0.05, 0) is 13.0 Å². The lowest BCUT2D eigenvalue weighted by molar-refractivity contribution is -0.274. The molecule has 3 aromatic heterocycles. The quantitative estimate of drug-likeness (QED) is 0.598. The number of amides is 2. The molecule has 1 atom stereocenters. The number of aromatic nitrogens is 5. The van der Waals surface area contributed by atoms with Crippen molar-refractivity contribution in [2.24, 2.45) is 0 Å². The first kappa shape index (κ1) is 21.2. The molecule has 0 aliphatic carbocycles. The predicted molar refractivity (Wildman–Crippen MR) is 97.2 cm³/mol. The third kappa shape index (κ3) is 4.89. The van der Waals surface area contributed by atoms with E-state index in [0.717, 1.165) is 29.8 Å². The molecule has 0 spiro atoms. The number of hydrogen-bond acceptors (Lipinski definition) is 8. The Morgan fingerprint density at radius 1 is 1.20 bits per heavy atom. The lowest BCUT2D eigenvalue weighted by Gasteiger charge is -2.14. The second-order valence-corrected chi connectivity index (χ2v) is 6.78. The molecule has 0 radical (unpaired) electrons. The molecule has 3 rings (SSSR count). The van der Waals surface area contributed by atoms with Gasteiger partial charge in [0.05, 0.1) is 24.0 Å². The van der Waals surface area contributed by atoms with Crippen molar-refractivity contribution >= 4 is 23.2 Å². The minimum Gasteiger partial charge on any atom is -0.404 e. The molecule has 0 saturated heterocycles. The number of carbonyl (C=O) groups is 2. The predicted octanol–water partition coefficient (Wildman–Crippen LogP) is 1.87. The summed E-state index contributed by atoms with van der Waals surface area (Å²) in [7, 11) is 1.49. The molecule has 0 fully saturated rings. The van der Waals surface area contributed by atoms with Gasteiger partial charge in [0, 0.05) is 13.2 Å². The van der Waals surface area contributed by atoms with Crippen LogP contribution in [0.15, 0.2) is 31.0 Å². The van der Waals surface area contributed by atoms with Gasteiger partial charge in [0.15, 0.2) is 5.82 Å². The zero-order valence-electron chi connectivity index (χ0n) is 15.5. The maximum Gasteiger partial charge on any atom is 0.573 e. The van der Waals surface area contributed by atoms with E-state index in [2.05, 4.69) is 35.4 Å². The van der Waals surface area contributed by atoms with E-state index >= 15 is 0 Å². The topological polar surface area (TPSA) is 124 Å². The van der Waals surface area contributed by atoms with Crippen LogP contribution in [0.5, 0.6) is 5.75 Å². The summed E-state index contributed by atoms with van der Waals surface area (Å²) in [6, 6.07) is 0.226. The molecule has 2 N–H and O–H groups in total. The first-order valence-electron chi connectivity index (χ1n) is 8.28. The second-order valence-electron chi connectivity index (χ2n) is 5.77. The smallest absolute Gasteiger partial charge is 0.404 e. The standard InChI is InChI=1S/C16H14F3N7O3S/c1-8(25-13(27)9-3-10(5-21-4-9)29-16(17,18)19)12-23-7-24-26(12)15-22-6-11(30-15)14(28)20-2/h3-8H,1-2H3,(H,20,28)(H,25,27)/t8-/m0/s1. The van der Waals surface area contributed by atoms with Gasteiger partial charge in [-0.2, -0.15) is 9.78 Å². The van der Waals surface area contributed by atoms with Gasteiger partial charge in [0.1, 0.15) is 17.0 Å². The van der Waals surface area contributed by atoms with Crippen LogP contribution in [0.25, 0.3) is 5.13 Å². The highest BCUT2D eigenvalue weighted by Gasteiger charge is 2.31. The Morgan fingerprint density at radius 2 is 1.97 bits per heavy atom. The van der Waals surface area contributed by atoms with E-state index in [4.69, 9.17) is 0 Å². The number of alkyl halides is 3. The Bertz CT molecular complexity index is 1070. The lowest BCUT2D eigenvalue weighted by Crippen LogP contribution is -2.29. The van der Waals surface area contributed by atoms with E-state index < -0.39 is 24.1 Å². The van der Waals surface area contributed by atoms with Crippen LogP contribution in [0.4, 0.5) is 13.2 Å².